The smallest absolute Gasteiger partial charge is 0.0462 e. The summed E-state index contributed by atoms with van der Waals surface area (Å²) in [4.78, 5) is 0. The van der Waals surface area contributed by atoms with E-state index >= 15 is 0 Å². The summed E-state index contributed by atoms with van der Waals surface area (Å²) in [7, 11) is 1.78. The number of ether oxygens (including phenoxy) is 1. The molecule has 0 aliphatic carbocycles. The lowest BCUT2D eigenvalue weighted by molar-refractivity contribution is 0.178. The van der Waals surface area contributed by atoms with Gasteiger partial charge in [0.25, 0.3) is 0 Å². The molecular weight excluding hydrogens is 198 g/mol. The second kappa shape index (κ2) is 8.08. The highest BCUT2D eigenvalue weighted by atomic mass is 16.5. The van der Waals surface area contributed by atoms with Crippen LogP contribution in [0, 0.1) is 11.3 Å². The maximum Gasteiger partial charge on any atom is 0.0462 e. The molecule has 2 heteroatoms. The Morgan fingerprint density at radius 3 is 2.31 bits per heavy atom. The Labute approximate surface area is 102 Å². The summed E-state index contributed by atoms with van der Waals surface area (Å²) in [6.45, 7) is 13.5. The fraction of sp³-hybridized carbons (Fsp3) is 1.00. The molecule has 0 aromatic heterocycles. The number of rotatable bonds is 8. The Hall–Kier alpha value is -0.0800. The summed E-state index contributed by atoms with van der Waals surface area (Å²) >= 11 is 0. The van der Waals surface area contributed by atoms with Gasteiger partial charge in [-0.25, -0.2) is 0 Å². The van der Waals surface area contributed by atoms with Crippen LogP contribution in [0.25, 0.3) is 0 Å². The van der Waals surface area contributed by atoms with E-state index in [9.17, 15) is 0 Å². The zero-order valence-corrected chi connectivity index (χ0v) is 12.1. The van der Waals surface area contributed by atoms with E-state index in [1.165, 1.54) is 12.8 Å². The molecule has 2 nitrogen and oxygen atoms in total. The molecule has 0 aromatic rings. The first-order valence-corrected chi connectivity index (χ1v) is 6.64. The number of hydrogen-bond donors (Lipinski definition) is 1. The highest BCUT2D eigenvalue weighted by Gasteiger charge is 2.22. The number of nitrogens with one attached hydrogen (secondary N) is 1. The first kappa shape index (κ1) is 15.9. The predicted octanol–water partition coefficient (Wildman–Crippen LogP) is 3.46. The van der Waals surface area contributed by atoms with Crippen LogP contribution in [0.5, 0.6) is 0 Å². The fourth-order valence-electron chi connectivity index (χ4n) is 1.85. The molecule has 0 spiro atoms. The van der Waals surface area contributed by atoms with E-state index in [4.69, 9.17) is 4.74 Å². The van der Waals surface area contributed by atoms with Crippen LogP contribution in [0.4, 0.5) is 0 Å². The van der Waals surface area contributed by atoms with Crippen molar-refractivity contribution >= 4 is 0 Å². The van der Waals surface area contributed by atoms with Crippen molar-refractivity contribution in [2.24, 2.45) is 11.3 Å². The largest absolute Gasteiger partial charge is 0.385 e. The average molecular weight is 229 g/mol. The van der Waals surface area contributed by atoms with Crippen LogP contribution < -0.4 is 5.32 Å². The molecule has 0 fully saturated rings. The third kappa shape index (κ3) is 7.24. The monoisotopic (exact) mass is 229 g/mol. The summed E-state index contributed by atoms with van der Waals surface area (Å²) in [5.41, 5.74) is 0.412. The zero-order chi connectivity index (χ0) is 12.6. The number of methoxy groups -OCH3 is 1. The molecule has 0 bridgehead atoms. The highest BCUT2D eigenvalue weighted by molar-refractivity contribution is 4.76. The molecule has 0 aliphatic heterocycles. The fourth-order valence-corrected chi connectivity index (χ4v) is 1.85. The van der Waals surface area contributed by atoms with Crippen molar-refractivity contribution in [3.05, 3.63) is 0 Å². The van der Waals surface area contributed by atoms with Gasteiger partial charge < -0.3 is 10.1 Å². The van der Waals surface area contributed by atoms with Crippen molar-refractivity contribution in [2.45, 2.75) is 59.9 Å². The van der Waals surface area contributed by atoms with Crippen LogP contribution in [0.2, 0.25) is 0 Å². The van der Waals surface area contributed by atoms with E-state index in [2.05, 4.69) is 39.9 Å². The van der Waals surface area contributed by atoms with E-state index in [0.717, 1.165) is 25.5 Å². The lowest BCUT2D eigenvalue weighted by Gasteiger charge is -2.31. The molecule has 1 N–H and O–H groups in total. The lowest BCUT2D eigenvalue weighted by Crippen LogP contribution is -2.33. The summed E-state index contributed by atoms with van der Waals surface area (Å²) < 4.78 is 5.11. The Balaban J connectivity index is 4.01. The topological polar surface area (TPSA) is 21.3 Å². The Kier molecular flexibility index (Phi) is 8.04. The van der Waals surface area contributed by atoms with Gasteiger partial charge in [-0.2, -0.15) is 0 Å². The van der Waals surface area contributed by atoms with Crippen molar-refractivity contribution in [2.75, 3.05) is 20.3 Å². The third-order valence-electron chi connectivity index (χ3n) is 3.51. The van der Waals surface area contributed by atoms with E-state index in [0.29, 0.717) is 11.5 Å². The van der Waals surface area contributed by atoms with Crippen molar-refractivity contribution < 1.29 is 4.74 Å². The minimum Gasteiger partial charge on any atom is -0.385 e. The lowest BCUT2D eigenvalue weighted by atomic mass is 9.78. The van der Waals surface area contributed by atoms with Gasteiger partial charge in [0.05, 0.1) is 0 Å². The molecule has 98 valence electrons. The highest BCUT2D eigenvalue weighted by Crippen LogP contribution is 2.29. The molecule has 16 heavy (non-hydrogen) atoms. The van der Waals surface area contributed by atoms with E-state index in [1.54, 1.807) is 7.11 Å². The van der Waals surface area contributed by atoms with E-state index < -0.39 is 0 Å². The SMILES string of the molecule is CCNC(CCCOC)CC(C)C(C)(C)C. The standard InChI is InChI=1S/C14H31NO/c1-7-15-13(9-8-10-16-6)11-12(2)14(3,4)5/h12-13,15H,7-11H2,1-6H3. The Morgan fingerprint density at radius 2 is 1.88 bits per heavy atom. The summed E-state index contributed by atoms with van der Waals surface area (Å²) in [5.74, 6) is 0.749. The van der Waals surface area contributed by atoms with Gasteiger partial charge in [-0.3, -0.25) is 0 Å². The minimum absolute atomic E-state index is 0.412. The Morgan fingerprint density at radius 1 is 1.25 bits per heavy atom. The van der Waals surface area contributed by atoms with Crippen molar-refractivity contribution in [1.82, 2.24) is 5.32 Å². The first-order valence-electron chi connectivity index (χ1n) is 6.64. The molecule has 0 rings (SSSR count). The van der Waals surface area contributed by atoms with Crippen molar-refractivity contribution in [3.63, 3.8) is 0 Å². The maximum absolute atomic E-state index is 5.11. The minimum atomic E-state index is 0.412. The van der Waals surface area contributed by atoms with Gasteiger partial charge >= 0.3 is 0 Å². The van der Waals surface area contributed by atoms with Crippen molar-refractivity contribution in [3.8, 4) is 0 Å². The Bertz CT molecular complexity index is 163. The normalized spacial score (nSPS) is 16.1. The summed E-state index contributed by atoms with van der Waals surface area (Å²) in [6, 6.07) is 0.648. The molecule has 0 heterocycles. The quantitative estimate of drug-likeness (QED) is 0.644. The van der Waals surface area contributed by atoms with Gasteiger partial charge in [0.15, 0.2) is 0 Å². The third-order valence-corrected chi connectivity index (χ3v) is 3.51. The maximum atomic E-state index is 5.11. The molecule has 0 aromatic carbocycles. The van der Waals surface area contributed by atoms with E-state index in [-0.39, 0.29) is 0 Å². The van der Waals surface area contributed by atoms with Gasteiger partial charge in [0, 0.05) is 19.8 Å². The summed E-state index contributed by atoms with van der Waals surface area (Å²) in [6.07, 6.45) is 3.65. The van der Waals surface area contributed by atoms with Gasteiger partial charge in [0.1, 0.15) is 0 Å². The van der Waals surface area contributed by atoms with Crippen LogP contribution in [0.3, 0.4) is 0 Å². The van der Waals surface area contributed by atoms with Crippen molar-refractivity contribution in [1.29, 1.82) is 0 Å². The van der Waals surface area contributed by atoms with Gasteiger partial charge in [-0.15, -0.1) is 0 Å². The molecule has 2 atom stereocenters. The van der Waals surface area contributed by atoms with Gasteiger partial charge in [-0.1, -0.05) is 34.6 Å². The van der Waals surface area contributed by atoms with Gasteiger partial charge in [-0.05, 0) is 37.1 Å². The average Bonchev–Trinajstić information content (AvgIpc) is 2.16. The van der Waals surface area contributed by atoms with Crippen LogP contribution in [0.15, 0.2) is 0 Å². The molecule has 0 radical (unpaired) electrons. The molecule has 2 unspecified atom stereocenters. The summed E-state index contributed by atoms with van der Waals surface area (Å²) in [5, 5.41) is 3.59. The van der Waals surface area contributed by atoms with Gasteiger partial charge in [0.2, 0.25) is 0 Å². The molecular formula is C14H31NO. The molecule has 0 amide bonds. The molecule has 0 saturated heterocycles. The van der Waals surface area contributed by atoms with Crippen LogP contribution in [0.1, 0.15) is 53.9 Å². The second-order valence-corrected chi connectivity index (χ2v) is 5.89. The zero-order valence-electron chi connectivity index (χ0n) is 12.1. The second-order valence-electron chi connectivity index (χ2n) is 5.89. The molecule has 0 aliphatic rings. The van der Waals surface area contributed by atoms with Crippen LogP contribution in [-0.2, 0) is 4.74 Å². The first-order chi connectivity index (χ1) is 7.41. The van der Waals surface area contributed by atoms with Crippen LogP contribution >= 0.6 is 0 Å². The predicted molar refractivity (Wildman–Crippen MR) is 71.8 cm³/mol. The van der Waals surface area contributed by atoms with E-state index in [1.807, 2.05) is 0 Å². The van der Waals surface area contributed by atoms with Crippen LogP contribution in [-0.4, -0.2) is 26.3 Å². The number of hydrogen-bond acceptors (Lipinski definition) is 2. The molecule has 0 saturated carbocycles.